The lowest BCUT2D eigenvalue weighted by molar-refractivity contribution is -0.484. The monoisotopic (exact) mass is 328 g/mol. The number of hydrogen-bond donors (Lipinski definition) is 0. The van der Waals surface area contributed by atoms with Crippen LogP contribution in [0.1, 0.15) is 26.7 Å². The Hall–Kier alpha value is -2.70. The summed E-state index contributed by atoms with van der Waals surface area (Å²) in [6, 6.07) is 10.5. The molecule has 3 rings (SSSR count). The second-order valence-corrected chi connectivity index (χ2v) is 6.34. The molecule has 0 aliphatic heterocycles. The minimum atomic E-state index is -1.48. The summed E-state index contributed by atoms with van der Waals surface area (Å²) in [6.45, 7) is -0.459. The second-order valence-electron chi connectivity index (χ2n) is 5.36. The number of benzene rings is 1. The van der Waals surface area contributed by atoms with Gasteiger partial charge in [-0.3, -0.25) is 14.9 Å². The van der Waals surface area contributed by atoms with Crippen LogP contribution >= 0.6 is 11.3 Å². The van der Waals surface area contributed by atoms with Gasteiger partial charge in [0, 0.05) is 20.3 Å². The maximum atomic E-state index is 12.9. The average molecular weight is 328 g/mol. The minimum absolute atomic E-state index is 0.183. The zero-order chi connectivity index (χ0) is 16.4. The molecule has 7 nitrogen and oxygen atoms in total. The number of thiophene rings is 1. The first kappa shape index (κ1) is 15.2. The molecule has 0 saturated carbocycles. The Kier molecular flexibility index (Phi) is 3.85. The predicted molar refractivity (Wildman–Crippen MR) is 85.3 cm³/mol. The molecular formula is C15H12N4O3S. The molecule has 1 aliphatic carbocycles. The summed E-state index contributed by atoms with van der Waals surface area (Å²) >= 11 is 1.33. The van der Waals surface area contributed by atoms with Gasteiger partial charge in [0.15, 0.2) is 5.78 Å². The maximum absolute atomic E-state index is 12.9. The molecule has 1 aromatic carbocycles. The van der Waals surface area contributed by atoms with Crippen LogP contribution in [0.3, 0.4) is 0 Å². The largest absolute Gasteiger partial charge is 0.293 e. The fraction of sp³-hybridized carbons (Fsp3) is 0.267. The first-order chi connectivity index (χ1) is 11.1. The van der Waals surface area contributed by atoms with Crippen molar-refractivity contribution in [3.63, 3.8) is 0 Å². The van der Waals surface area contributed by atoms with Gasteiger partial charge >= 0.3 is 0 Å². The molecule has 116 valence electrons. The van der Waals surface area contributed by atoms with E-state index >= 15 is 0 Å². The molecule has 0 amide bonds. The molecule has 1 aromatic heterocycles. The summed E-state index contributed by atoms with van der Waals surface area (Å²) < 4.78 is 0. The van der Waals surface area contributed by atoms with Gasteiger partial charge in [-0.15, -0.1) is 11.3 Å². The Labute approximate surface area is 135 Å². The Morgan fingerprint density at radius 2 is 2.17 bits per heavy atom. The molecule has 8 heteroatoms. The lowest BCUT2D eigenvalue weighted by atomic mass is 9.80. The van der Waals surface area contributed by atoms with Gasteiger partial charge in [0.1, 0.15) is 5.54 Å². The van der Waals surface area contributed by atoms with Crippen molar-refractivity contribution < 1.29 is 9.72 Å². The van der Waals surface area contributed by atoms with E-state index in [0.717, 1.165) is 5.56 Å². The standard InChI is InChI=1S/C15H12N4O3S/c16-18-17-15(8-10-4-1-2-5-11(10)14(15)20)12(9-19(21)22)13-6-3-7-23-13/h1-7,12H,8-9H2/t12-,15+/m1/s1. The normalized spacial score (nSPS) is 20.6. The second kappa shape index (κ2) is 5.83. The molecular weight excluding hydrogens is 316 g/mol. The van der Waals surface area contributed by atoms with Crippen molar-refractivity contribution in [1.82, 2.24) is 0 Å². The third-order valence-electron chi connectivity index (χ3n) is 4.13. The molecule has 23 heavy (non-hydrogen) atoms. The minimum Gasteiger partial charge on any atom is -0.293 e. The highest BCUT2D eigenvalue weighted by molar-refractivity contribution is 7.10. The summed E-state index contributed by atoms with van der Waals surface area (Å²) in [7, 11) is 0. The Balaban J connectivity index is 2.16. The topological polar surface area (TPSA) is 109 Å². The van der Waals surface area contributed by atoms with E-state index in [-0.39, 0.29) is 12.2 Å². The number of rotatable bonds is 5. The Morgan fingerprint density at radius 3 is 2.78 bits per heavy atom. The van der Waals surface area contributed by atoms with Crippen LogP contribution in [-0.4, -0.2) is 22.8 Å². The first-order valence-corrected chi connectivity index (χ1v) is 7.80. The summed E-state index contributed by atoms with van der Waals surface area (Å²) in [5.74, 6) is -1.13. The third-order valence-corrected chi connectivity index (χ3v) is 5.12. The van der Waals surface area contributed by atoms with Gasteiger partial charge in [0.05, 0.1) is 5.92 Å². The number of fused-ring (bicyclic) bond motifs is 1. The van der Waals surface area contributed by atoms with E-state index in [9.17, 15) is 14.9 Å². The van der Waals surface area contributed by atoms with E-state index in [1.807, 2.05) is 0 Å². The Morgan fingerprint density at radius 1 is 1.39 bits per heavy atom. The highest BCUT2D eigenvalue weighted by Gasteiger charge is 2.53. The zero-order valence-electron chi connectivity index (χ0n) is 12.0. The number of nitro groups is 1. The van der Waals surface area contributed by atoms with Crippen molar-refractivity contribution in [1.29, 1.82) is 0 Å². The molecule has 0 bridgehead atoms. The number of Topliss-reactive ketones (excluding diaryl/α,β-unsaturated/α-hetero) is 1. The summed E-state index contributed by atoms with van der Waals surface area (Å²) in [6.07, 6.45) is 0.183. The van der Waals surface area contributed by atoms with Gasteiger partial charge in [-0.05, 0) is 29.0 Å². The first-order valence-electron chi connectivity index (χ1n) is 6.92. The molecule has 0 saturated heterocycles. The van der Waals surface area contributed by atoms with Crippen molar-refractivity contribution in [2.45, 2.75) is 17.9 Å². The van der Waals surface area contributed by atoms with E-state index in [1.165, 1.54) is 11.3 Å². The fourth-order valence-corrected chi connectivity index (χ4v) is 4.03. The smallest absolute Gasteiger partial charge is 0.212 e. The van der Waals surface area contributed by atoms with Crippen LogP contribution in [0.2, 0.25) is 0 Å². The maximum Gasteiger partial charge on any atom is 0.212 e. The van der Waals surface area contributed by atoms with Crippen molar-refractivity contribution in [2.24, 2.45) is 5.11 Å². The molecule has 0 spiro atoms. The lowest BCUT2D eigenvalue weighted by Crippen LogP contribution is -2.43. The average Bonchev–Trinajstić information content (AvgIpc) is 3.14. The van der Waals surface area contributed by atoms with Crippen molar-refractivity contribution >= 4 is 17.1 Å². The number of carbonyl (C=O) groups is 1. The third kappa shape index (κ3) is 2.48. The van der Waals surface area contributed by atoms with Gasteiger partial charge in [-0.2, -0.15) is 0 Å². The van der Waals surface area contributed by atoms with Crippen LogP contribution in [0.5, 0.6) is 0 Å². The van der Waals surface area contributed by atoms with Crippen LogP contribution in [0.4, 0.5) is 0 Å². The molecule has 2 atom stereocenters. The van der Waals surface area contributed by atoms with Crippen molar-refractivity contribution in [3.05, 3.63) is 78.3 Å². The van der Waals surface area contributed by atoms with Gasteiger partial charge in [-0.1, -0.05) is 35.4 Å². The van der Waals surface area contributed by atoms with Gasteiger partial charge in [-0.25, -0.2) is 0 Å². The van der Waals surface area contributed by atoms with E-state index in [0.29, 0.717) is 10.4 Å². The van der Waals surface area contributed by atoms with Crippen LogP contribution < -0.4 is 0 Å². The van der Waals surface area contributed by atoms with Crippen molar-refractivity contribution in [3.8, 4) is 0 Å². The zero-order valence-corrected chi connectivity index (χ0v) is 12.8. The quantitative estimate of drug-likeness (QED) is 0.275. The van der Waals surface area contributed by atoms with Crippen LogP contribution in [-0.2, 0) is 6.42 Å². The number of carbonyl (C=O) groups excluding carboxylic acids is 1. The molecule has 1 heterocycles. The molecule has 0 N–H and O–H groups in total. The highest BCUT2D eigenvalue weighted by atomic mass is 32.1. The number of ketones is 1. The van der Waals surface area contributed by atoms with Gasteiger partial charge in [0.25, 0.3) is 0 Å². The van der Waals surface area contributed by atoms with Crippen LogP contribution in [0.15, 0.2) is 46.9 Å². The summed E-state index contributed by atoms with van der Waals surface area (Å²) in [4.78, 5) is 27.2. The molecule has 1 aliphatic rings. The Bertz CT molecular complexity index is 814. The number of nitrogens with zero attached hydrogens (tertiary/aromatic N) is 4. The number of hydrogen-bond acceptors (Lipinski definition) is 5. The fourth-order valence-electron chi connectivity index (χ4n) is 3.13. The van der Waals surface area contributed by atoms with Crippen molar-refractivity contribution in [2.75, 3.05) is 6.54 Å². The molecule has 2 aromatic rings. The van der Waals surface area contributed by atoms with E-state index in [4.69, 9.17) is 5.53 Å². The summed E-state index contributed by atoms with van der Waals surface area (Å²) in [5, 5.41) is 16.7. The van der Waals surface area contributed by atoms with E-state index in [1.54, 1.807) is 41.8 Å². The lowest BCUT2D eigenvalue weighted by Gasteiger charge is -2.28. The number of azide groups is 1. The molecule has 0 unspecified atom stereocenters. The molecule has 0 radical (unpaired) electrons. The van der Waals surface area contributed by atoms with E-state index < -0.39 is 22.9 Å². The summed E-state index contributed by atoms with van der Waals surface area (Å²) in [5.41, 5.74) is 8.77. The van der Waals surface area contributed by atoms with Gasteiger partial charge < -0.3 is 0 Å². The predicted octanol–water partition coefficient (Wildman–Crippen LogP) is 3.60. The molecule has 0 fully saturated rings. The van der Waals surface area contributed by atoms with E-state index in [2.05, 4.69) is 10.0 Å². The van der Waals surface area contributed by atoms with Gasteiger partial charge in [0.2, 0.25) is 6.54 Å². The van der Waals surface area contributed by atoms with Crippen LogP contribution in [0, 0.1) is 10.1 Å². The highest BCUT2D eigenvalue weighted by Crippen LogP contribution is 2.44. The SMILES string of the molecule is [N-]=[N+]=N[C@]1([C@H](C[N+](=O)[O-])c2cccs2)Cc2ccccc2C1=O. The van der Waals surface area contributed by atoms with Crippen LogP contribution in [0.25, 0.3) is 10.4 Å².